The topological polar surface area (TPSA) is 93.2 Å². The molecule has 0 atom stereocenters. The minimum absolute atomic E-state index is 0.165. The van der Waals surface area contributed by atoms with Gasteiger partial charge in [0.25, 0.3) is 0 Å². The van der Waals surface area contributed by atoms with Gasteiger partial charge in [0.2, 0.25) is 16.9 Å². The average molecular weight is 393 g/mol. The van der Waals surface area contributed by atoms with Crippen LogP contribution in [0.25, 0.3) is 6.08 Å². The molecule has 2 amide bonds. The first-order chi connectivity index (χ1) is 12.6. The number of ether oxygens (including phenoxy) is 1. The van der Waals surface area contributed by atoms with Crippen molar-refractivity contribution in [3.8, 4) is 5.75 Å². The van der Waals surface area contributed by atoms with E-state index >= 15 is 0 Å². The van der Waals surface area contributed by atoms with Crippen LogP contribution in [0.1, 0.15) is 18.9 Å². The van der Waals surface area contributed by atoms with E-state index in [9.17, 15) is 9.59 Å². The molecule has 7 nitrogen and oxygen atoms in total. The second kappa shape index (κ2) is 10.6. The molecule has 0 fully saturated rings. The first-order valence-electron chi connectivity index (χ1n) is 7.97. The molecule has 0 spiro atoms. The monoisotopic (exact) mass is 392 g/mol. The van der Waals surface area contributed by atoms with Gasteiger partial charge in [-0.2, -0.15) is 0 Å². The molecule has 0 bridgehead atoms. The van der Waals surface area contributed by atoms with Gasteiger partial charge >= 0.3 is 0 Å². The minimum atomic E-state index is -0.258. The van der Waals surface area contributed by atoms with E-state index in [2.05, 4.69) is 20.8 Å². The lowest BCUT2D eigenvalue weighted by Gasteiger charge is -2.02. The van der Waals surface area contributed by atoms with Crippen LogP contribution in [-0.4, -0.2) is 41.4 Å². The number of hydrogen-bond donors (Lipinski definition) is 2. The van der Waals surface area contributed by atoms with Crippen molar-refractivity contribution in [2.24, 2.45) is 0 Å². The largest absolute Gasteiger partial charge is 0.497 e. The number of aromatic nitrogens is 2. The summed E-state index contributed by atoms with van der Waals surface area (Å²) in [5.41, 5.74) is 0.885. The summed E-state index contributed by atoms with van der Waals surface area (Å²) in [6, 6.07) is 7.34. The maximum Gasteiger partial charge on any atom is 0.244 e. The molecule has 0 saturated heterocycles. The van der Waals surface area contributed by atoms with E-state index in [1.165, 1.54) is 17.4 Å². The van der Waals surface area contributed by atoms with Crippen LogP contribution >= 0.6 is 23.1 Å². The molecule has 26 heavy (non-hydrogen) atoms. The number of benzene rings is 1. The molecule has 138 valence electrons. The van der Waals surface area contributed by atoms with Gasteiger partial charge in [0.15, 0.2) is 4.34 Å². The fourth-order valence-electron chi connectivity index (χ4n) is 1.87. The number of carbonyl (C=O) groups excluding carboxylic acids is 2. The normalized spacial score (nSPS) is 10.7. The minimum Gasteiger partial charge on any atom is -0.497 e. The zero-order chi connectivity index (χ0) is 18.8. The first-order valence-corrected chi connectivity index (χ1v) is 9.77. The molecular formula is C17H20N4O3S2. The molecule has 2 rings (SSSR count). The van der Waals surface area contributed by atoms with Gasteiger partial charge < -0.3 is 15.4 Å². The molecule has 0 aliphatic heterocycles. The fourth-order valence-corrected chi connectivity index (χ4v) is 3.53. The SMILES string of the molecule is CCSc1nnc(NC(=O)CCNC(=O)/C=C/c2ccc(OC)cc2)s1. The van der Waals surface area contributed by atoms with Crippen LogP contribution in [-0.2, 0) is 9.59 Å². The summed E-state index contributed by atoms with van der Waals surface area (Å²) in [6.45, 7) is 2.27. The zero-order valence-electron chi connectivity index (χ0n) is 14.5. The van der Waals surface area contributed by atoms with Crippen LogP contribution in [0, 0.1) is 0 Å². The molecule has 0 saturated carbocycles. The Hall–Kier alpha value is -2.39. The number of amides is 2. The standard InChI is InChI=1S/C17H20N4O3S2/c1-3-25-17-21-20-16(26-17)19-15(23)10-11-18-14(22)9-6-12-4-7-13(24-2)8-5-12/h4-9H,3,10-11H2,1-2H3,(H,18,22)(H,19,20,23)/b9-6+. The molecular weight excluding hydrogens is 372 g/mol. The molecule has 0 radical (unpaired) electrons. The van der Waals surface area contributed by atoms with Gasteiger partial charge in [-0.1, -0.05) is 42.2 Å². The van der Waals surface area contributed by atoms with Crippen LogP contribution in [0.2, 0.25) is 0 Å². The van der Waals surface area contributed by atoms with Gasteiger partial charge in [0, 0.05) is 19.0 Å². The van der Waals surface area contributed by atoms with Crippen molar-refractivity contribution < 1.29 is 14.3 Å². The third-order valence-corrected chi connectivity index (χ3v) is 4.97. The first kappa shape index (κ1) is 19.9. The molecule has 1 aromatic carbocycles. The number of rotatable bonds is 9. The number of hydrogen-bond acceptors (Lipinski definition) is 7. The van der Waals surface area contributed by atoms with Crippen LogP contribution < -0.4 is 15.4 Å². The number of methoxy groups -OCH3 is 1. The second-order valence-corrected chi connectivity index (χ2v) is 7.49. The van der Waals surface area contributed by atoms with E-state index in [1.54, 1.807) is 24.9 Å². The smallest absolute Gasteiger partial charge is 0.244 e. The van der Waals surface area contributed by atoms with Crippen LogP contribution in [0.4, 0.5) is 5.13 Å². The lowest BCUT2D eigenvalue weighted by Crippen LogP contribution is -2.26. The summed E-state index contributed by atoms with van der Waals surface area (Å²) >= 11 is 2.91. The van der Waals surface area contributed by atoms with Crippen molar-refractivity contribution in [2.45, 2.75) is 17.7 Å². The zero-order valence-corrected chi connectivity index (χ0v) is 16.2. The lowest BCUT2D eigenvalue weighted by atomic mass is 10.2. The number of thioether (sulfide) groups is 1. The predicted octanol–water partition coefficient (Wildman–Crippen LogP) is 2.82. The van der Waals surface area contributed by atoms with Gasteiger partial charge in [-0.05, 0) is 29.5 Å². The van der Waals surface area contributed by atoms with Crippen molar-refractivity contribution in [3.63, 3.8) is 0 Å². The molecule has 1 aromatic heterocycles. The Bertz CT molecular complexity index is 760. The highest BCUT2D eigenvalue weighted by Gasteiger charge is 2.08. The summed E-state index contributed by atoms with van der Waals surface area (Å²) in [4.78, 5) is 23.6. The second-order valence-electron chi connectivity index (χ2n) is 5.00. The summed E-state index contributed by atoms with van der Waals surface area (Å²) < 4.78 is 5.90. The molecule has 2 N–H and O–H groups in total. The van der Waals surface area contributed by atoms with E-state index in [0.717, 1.165) is 21.4 Å². The Labute approximate surface area is 160 Å². The van der Waals surface area contributed by atoms with E-state index in [1.807, 2.05) is 31.2 Å². The highest BCUT2D eigenvalue weighted by atomic mass is 32.2. The quantitative estimate of drug-likeness (QED) is 0.387. The van der Waals surface area contributed by atoms with Gasteiger partial charge in [-0.15, -0.1) is 10.2 Å². The van der Waals surface area contributed by atoms with Crippen molar-refractivity contribution >= 4 is 46.1 Å². The van der Waals surface area contributed by atoms with Crippen molar-refractivity contribution in [1.82, 2.24) is 15.5 Å². The number of nitrogens with one attached hydrogen (secondary N) is 2. The Morgan fingerprint density at radius 1 is 1.27 bits per heavy atom. The summed E-state index contributed by atoms with van der Waals surface area (Å²) in [5, 5.41) is 13.7. The van der Waals surface area contributed by atoms with Crippen molar-refractivity contribution in [1.29, 1.82) is 0 Å². The van der Waals surface area contributed by atoms with Crippen LogP contribution in [0.5, 0.6) is 5.75 Å². The number of nitrogens with zero attached hydrogens (tertiary/aromatic N) is 2. The number of carbonyl (C=O) groups is 2. The summed E-state index contributed by atoms with van der Waals surface area (Å²) in [7, 11) is 1.60. The fraction of sp³-hybridized carbons (Fsp3) is 0.294. The van der Waals surface area contributed by atoms with Gasteiger partial charge in [-0.25, -0.2) is 0 Å². The highest BCUT2D eigenvalue weighted by molar-refractivity contribution is 8.01. The maximum absolute atomic E-state index is 11.8. The van der Waals surface area contributed by atoms with Gasteiger partial charge in [0.1, 0.15) is 5.75 Å². The Kier molecular flexibility index (Phi) is 8.10. The van der Waals surface area contributed by atoms with E-state index in [0.29, 0.717) is 5.13 Å². The number of anilines is 1. The van der Waals surface area contributed by atoms with Gasteiger partial charge in [-0.3, -0.25) is 9.59 Å². The Morgan fingerprint density at radius 2 is 2.04 bits per heavy atom. The van der Waals surface area contributed by atoms with Gasteiger partial charge in [0.05, 0.1) is 7.11 Å². The molecule has 0 aliphatic carbocycles. The molecule has 2 aromatic rings. The van der Waals surface area contributed by atoms with Crippen LogP contribution in [0.15, 0.2) is 34.7 Å². The molecule has 9 heteroatoms. The Morgan fingerprint density at radius 3 is 2.73 bits per heavy atom. The third kappa shape index (κ3) is 6.85. The van der Waals surface area contributed by atoms with Crippen LogP contribution in [0.3, 0.4) is 0 Å². The predicted molar refractivity (Wildman–Crippen MR) is 105 cm³/mol. The summed E-state index contributed by atoms with van der Waals surface area (Å²) in [5.74, 6) is 1.19. The van der Waals surface area contributed by atoms with Crippen molar-refractivity contribution in [3.05, 3.63) is 35.9 Å². The molecule has 0 aliphatic rings. The summed E-state index contributed by atoms with van der Waals surface area (Å²) in [6.07, 6.45) is 3.29. The lowest BCUT2D eigenvalue weighted by molar-refractivity contribution is -0.117. The third-order valence-electron chi connectivity index (χ3n) is 3.11. The maximum atomic E-state index is 11.8. The van der Waals surface area contributed by atoms with Crippen molar-refractivity contribution in [2.75, 3.05) is 24.7 Å². The molecule has 0 unspecified atom stereocenters. The van der Waals surface area contributed by atoms with E-state index < -0.39 is 0 Å². The molecule has 1 heterocycles. The van der Waals surface area contributed by atoms with E-state index in [4.69, 9.17) is 4.74 Å². The average Bonchev–Trinajstić information content (AvgIpc) is 3.07. The Balaban J connectivity index is 1.69. The van der Waals surface area contributed by atoms with E-state index in [-0.39, 0.29) is 24.8 Å². The highest BCUT2D eigenvalue weighted by Crippen LogP contribution is 2.24.